The molecule has 0 N–H and O–H groups in total. The number of carbonyl (C=O) groups excluding carboxylic acids is 1. The van der Waals surface area contributed by atoms with Crippen LogP contribution in [-0.2, 0) is 11.3 Å². The number of methoxy groups -OCH3 is 1. The van der Waals surface area contributed by atoms with E-state index in [0.717, 1.165) is 22.6 Å². The molecular weight excluding hydrogens is 314 g/mol. The van der Waals surface area contributed by atoms with Crippen molar-refractivity contribution in [3.8, 4) is 11.4 Å². The van der Waals surface area contributed by atoms with Crippen molar-refractivity contribution in [2.24, 2.45) is 0 Å². The number of esters is 1. The lowest BCUT2D eigenvalue weighted by molar-refractivity contribution is 0.0600. The summed E-state index contributed by atoms with van der Waals surface area (Å²) in [6.07, 6.45) is 3.74. The summed E-state index contributed by atoms with van der Waals surface area (Å²) >= 11 is 0. The minimum absolute atomic E-state index is 0.327. The van der Waals surface area contributed by atoms with Crippen LogP contribution in [0, 0.1) is 0 Å². The summed E-state index contributed by atoms with van der Waals surface area (Å²) in [6.45, 7) is 0.635. The van der Waals surface area contributed by atoms with Gasteiger partial charge in [-0.05, 0) is 42.0 Å². The molecule has 0 unspecified atom stereocenters. The topological polar surface area (TPSA) is 47.4 Å². The molecule has 0 aliphatic carbocycles. The van der Waals surface area contributed by atoms with E-state index >= 15 is 0 Å². The molecule has 0 saturated carbocycles. The summed E-state index contributed by atoms with van der Waals surface area (Å²) in [4.78, 5) is 18.3. The van der Waals surface area contributed by atoms with Gasteiger partial charge in [-0.2, -0.15) is 0 Å². The SMILES string of the molecule is COC(=O)c1cccc(Cn2ccnc2-c2ccc(N(C)C)cc2)c1. The molecule has 0 saturated heterocycles. The zero-order chi connectivity index (χ0) is 17.8. The van der Waals surface area contributed by atoms with Crippen LogP contribution in [0.1, 0.15) is 15.9 Å². The third kappa shape index (κ3) is 3.71. The maximum atomic E-state index is 11.7. The predicted octanol–water partition coefficient (Wildman–Crippen LogP) is 3.45. The maximum Gasteiger partial charge on any atom is 0.337 e. The Balaban J connectivity index is 1.86. The standard InChI is InChI=1S/C20H21N3O2/c1-22(2)18-9-7-16(8-10-18)19-21-11-12-23(19)14-15-5-4-6-17(13-15)20(24)25-3/h4-13H,14H2,1-3H3. The van der Waals surface area contributed by atoms with E-state index < -0.39 is 0 Å². The third-order valence-corrected chi connectivity index (χ3v) is 4.06. The van der Waals surface area contributed by atoms with Gasteiger partial charge in [0.2, 0.25) is 0 Å². The molecule has 2 aromatic carbocycles. The lowest BCUT2D eigenvalue weighted by atomic mass is 10.1. The number of carbonyl (C=O) groups is 1. The fourth-order valence-corrected chi connectivity index (χ4v) is 2.72. The zero-order valence-electron chi connectivity index (χ0n) is 14.6. The van der Waals surface area contributed by atoms with Gasteiger partial charge in [0.15, 0.2) is 0 Å². The predicted molar refractivity (Wildman–Crippen MR) is 98.9 cm³/mol. The van der Waals surface area contributed by atoms with Crippen molar-refractivity contribution in [1.82, 2.24) is 9.55 Å². The molecule has 0 spiro atoms. The van der Waals surface area contributed by atoms with Crippen molar-refractivity contribution in [2.75, 3.05) is 26.1 Å². The highest BCUT2D eigenvalue weighted by atomic mass is 16.5. The summed E-state index contributed by atoms with van der Waals surface area (Å²) in [5, 5.41) is 0. The average molecular weight is 335 g/mol. The van der Waals surface area contributed by atoms with Gasteiger partial charge in [0.1, 0.15) is 5.82 Å². The molecule has 0 bridgehead atoms. The van der Waals surface area contributed by atoms with Crippen LogP contribution in [0.15, 0.2) is 60.9 Å². The normalized spacial score (nSPS) is 10.5. The van der Waals surface area contributed by atoms with Crippen LogP contribution in [-0.4, -0.2) is 36.7 Å². The fraction of sp³-hybridized carbons (Fsp3) is 0.200. The number of benzene rings is 2. The molecule has 0 fully saturated rings. The first-order chi connectivity index (χ1) is 12.1. The number of anilines is 1. The van der Waals surface area contributed by atoms with E-state index in [1.54, 1.807) is 12.3 Å². The smallest absolute Gasteiger partial charge is 0.337 e. The summed E-state index contributed by atoms with van der Waals surface area (Å²) in [7, 11) is 5.43. The molecule has 3 rings (SSSR count). The molecule has 5 heteroatoms. The van der Waals surface area contributed by atoms with Crippen molar-refractivity contribution >= 4 is 11.7 Å². The highest BCUT2D eigenvalue weighted by molar-refractivity contribution is 5.89. The minimum atomic E-state index is -0.327. The first kappa shape index (κ1) is 16.8. The van der Waals surface area contributed by atoms with E-state index in [4.69, 9.17) is 4.74 Å². The van der Waals surface area contributed by atoms with E-state index in [1.807, 2.05) is 38.5 Å². The number of rotatable bonds is 5. The number of hydrogen-bond donors (Lipinski definition) is 0. The van der Waals surface area contributed by atoms with E-state index in [9.17, 15) is 4.79 Å². The summed E-state index contributed by atoms with van der Waals surface area (Å²) < 4.78 is 6.86. The van der Waals surface area contributed by atoms with Crippen LogP contribution in [0.2, 0.25) is 0 Å². The van der Waals surface area contributed by atoms with Crippen molar-refractivity contribution in [3.05, 3.63) is 72.1 Å². The van der Waals surface area contributed by atoms with Gasteiger partial charge in [0.25, 0.3) is 0 Å². The van der Waals surface area contributed by atoms with Crippen molar-refractivity contribution in [1.29, 1.82) is 0 Å². The molecule has 5 nitrogen and oxygen atoms in total. The Bertz CT molecular complexity index is 867. The Morgan fingerprint density at radius 3 is 2.60 bits per heavy atom. The van der Waals surface area contributed by atoms with E-state index in [-0.39, 0.29) is 5.97 Å². The van der Waals surface area contributed by atoms with Gasteiger partial charge in [-0.25, -0.2) is 9.78 Å². The van der Waals surface area contributed by atoms with Crippen molar-refractivity contribution in [2.45, 2.75) is 6.54 Å². The molecule has 128 valence electrons. The fourth-order valence-electron chi connectivity index (χ4n) is 2.72. The lowest BCUT2D eigenvalue weighted by Gasteiger charge is -2.13. The Kier molecular flexibility index (Phi) is 4.84. The lowest BCUT2D eigenvalue weighted by Crippen LogP contribution is -2.08. The Hall–Kier alpha value is -3.08. The van der Waals surface area contributed by atoms with Crippen LogP contribution in [0.4, 0.5) is 5.69 Å². The second kappa shape index (κ2) is 7.21. The summed E-state index contributed by atoms with van der Waals surface area (Å²) in [5.41, 5.74) is 3.77. The second-order valence-corrected chi connectivity index (χ2v) is 6.01. The molecule has 0 aliphatic heterocycles. The second-order valence-electron chi connectivity index (χ2n) is 6.01. The van der Waals surface area contributed by atoms with Gasteiger partial charge >= 0.3 is 5.97 Å². The van der Waals surface area contributed by atoms with Crippen molar-refractivity contribution in [3.63, 3.8) is 0 Å². The van der Waals surface area contributed by atoms with Gasteiger partial charge in [-0.15, -0.1) is 0 Å². The van der Waals surface area contributed by atoms with E-state index in [2.05, 4.69) is 38.7 Å². The molecule has 1 aromatic heterocycles. The summed E-state index contributed by atoms with van der Waals surface area (Å²) in [6, 6.07) is 15.8. The Morgan fingerprint density at radius 2 is 1.92 bits per heavy atom. The van der Waals surface area contributed by atoms with E-state index in [0.29, 0.717) is 12.1 Å². The number of aromatic nitrogens is 2. The third-order valence-electron chi connectivity index (χ3n) is 4.06. The number of hydrogen-bond acceptors (Lipinski definition) is 4. The van der Waals surface area contributed by atoms with Crippen LogP contribution in [0.5, 0.6) is 0 Å². The number of nitrogens with zero attached hydrogens (tertiary/aromatic N) is 3. The van der Waals surface area contributed by atoms with Gasteiger partial charge in [-0.3, -0.25) is 0 Å². The number of ether oxygens (including phenoxy) is 1. The molecule has 0 radical (unpaired) electrons. The van der Waals surface area contributed by atoms with E-state index in [1.165, 1.54) is 7.11 Å². The molecule has 0 aliphatic rings. The molecule has 1 heterocycles. The van der Waals surface area contributed by atoms with Gasteiger partial charge in [0, 0.05) is 44.3 Å². The highest BCUT2D eigenvalue weighted by Crippen LogP contribution is 2.22. The first-order valence-electron chi connectivity index (χ1n) is 8.04. The summed E-state index contributed by atoms with van der Waals surface area (Å²) in [5.74, 6) is 0.570. The van der Waals surface area contributed by atoms with Gasteiger partial charge in [-0.1, -0.05) is 12.1 Å². The largest absolute Gasteiger partial charge is 0.465 e. The minimum Gasteiger partial charge on any atom is -0.465 e. The highest BCUT2D eigenvalue weighted by Gasteiger charge is 2.09. The van der Waals surface area contributed by atoms with Gasteiger partial charge in [0.05, 0.1) is 12.7 Å². The zero-order valence-corrected chi connectivity index (χ0v) is 14.6. The molecule has 0 atom stereocenters. The maximum absolute atomic E-state index is 11.7. The quantitative estimate of drug-likeness (QED) is 0.670. The Labute approximate surface area is 147 Å². The van der Waals surface area contributed by atoms with Crippen LogP contribution < -0.4 is 4.90 Å². The first-order valence-corrected chi connectivity index (χ1v) is 8.04. The van der Waals surface area contributed by atoms with Crippen LogP contribution >= 0.6 is 0 Å². The van der Waals surface area contributed by atoms with Crippen LogP contribution in [0.25, 0.3) is 11.4 Å². The molecule has 0 amide bonds. The molecule has 25 heavy (non-hydrogen) atoms. The monoisotopic (exact) mass is 335 g/mol. The molecule has 3 aromatic rings. The van der Waals surface area contributed by atoms with Crippen LogP contribution in [0.3, 0.4) is 0 Å². The van der Waals surface area contributed by atoms with Gasteiger partial charge < -0.3 is 14.2 Å². The van der Waals surface area contributed by atoms with Crippen molar-refractivity contribution < 1.29 is 9.53 Å². The molecular formula is C20H21N3O2. The number of imidazole rings is 1. The Morgan fingerprint density at radius 1 is 1.16 bits per heavy atom. The average Bonchev–Trinajstić information content (AvgIpc) is 3.09.